The molecule has 3 aliphatic rings. The summed E-state index contributed by atoms with van der Waals surface area (Å²) in [7, 11) is 0. The second kappa shape index (κ2) is 10.2. The summed E-state index contributed by atoms with van der Waals surface area (Å²) in [5.41, 5.74) is 2.92. The molecule has 5 rings (SSSR count). The molecule has 190 valence electrons. The van der Waals surface area contributed by atoms with Crippen LogP contribution in [0.2, 0.25) is 0 Å². The molecule has 0 saturated carbocycles. The van der Waals surface area contributed by atoms with E-state index in [1.54, 1.807) is 12.2 Å². The number of piperazine rings is 1. The number of rotatable bonds is 5. The van der Waals surface area contributed by atoms with Gasteiger partial charge in [0, 0.05) is 68.9 Å². The Balaban J connectivity index is 1.20. The van der Waals surface area contributed by atoms with Gasteiger partial charge in [0.1, 0.15) is 5.82 Å². The molecule has 0 bridgehead atoms. The largest absolute Gasteiger partial charge is 0.368 e. The van der Waals surface area contributed by atoms with Crippen LogP contribution in [0.4, 0.5) is 23.1 Å². The maximum Gasteiger partial charge on any atom is 0.246 e. The molecule has 2 aromatic rings. The summed E-state index contributed by atoms with van der Waals surface area (Å²) < 4.78 is 0. The van der Waals surface area contributed by atoms with Crippen LogP contribution in [0.25, 0.3) is 0 Å². The third kappa shape index (κ3) is 4.87. The summed E-state index contributed by atoms with van der Waals surface area (Å²) in [6.07, 6.45) is 7.95. The Morgan fingerprint density at radius 3 is 2.39 bits per heavy atom. The van der Waals surface area contributed by atoms with Crippen molar-refractivity contribution in [3.8, 4) is 0 Å². The second-order valence-corrected chi connectivity index (χ2v) is 9.96. The number of nitrogens with zero attached hydrogens (tertiary/aromatic N) is 5. The molecule has 2 N–H and O–H groups in total. The lowest BCUT2D eigenvalue weighted by Gasteiger charge is -2.38. The summed E-state index contributed by atoms with van der Waals surface area (Å²) in [6.45, 7) is 9.44. The first-order valence-electron chi connectivity index (χ1n) is 12.9. The molecule has 3 aliphatic heterocycles. The third-order valence-electron chi connectivity index (χ3n) is 7.73. The lowest BCUT2D eigenvalue weighted by atomic mass is 9.77. The van der Waals surface area contributed by atoms with Gasteiger partial charge in [-0.2, -0.15) is 4.98 Å². The molecule has 9 nitrogen and oxygen atoms in total. The van der Waals surface area contributed by atoms with Crippen molar-refractivity contribution in [2.24, 2.45) is 5.41 Å². The summed E-state index contributed by atoms with van der Waals surface area (Å²) in [6, 6.07) is 8.27. The number of carbonyl (C=O) groups excluding carboxylic acids is 2. The van der Waals surface area contributed by atoms with E-state index in [-0.39, 0.29) is 17.2 Å². The van der Waals surface area contributed by atoms with Gasteiger partial charge in [-0.15, -0.1) is 0 Å². The predicted molar refractivity (Wildman–Crippen MR) is 142 cm³/mol. The van der Waals surface area contributed by atoms with Gasteiger partial charge in [0.15, 0.2) is 0 Å². The van der Waals surface area contributed by atoms with Gasteiger partial charge in [-0.1, -0.05) is 6.08 Å². The number of hydrogen-bond acceptors (Lipinski definition) is 7. The van der Waals surface area contributed by atoms with Gasteiger partial charge in [0.2, 0.25) is 17.8 Å². The van der Waals surface area contributed by atoms with E-state index >= 15 is 0 Å². The van der Waals surface area contributed by atoms with Crippen molar-refractivity contribution in [3.05, 3.63) is 48.2 Å². The lowest BCUT2D eigenvalue weighted by molar-refractivity contribution is -0.128. The monoisotopic (exact) mass is 489 g/mol. The van der Waals surface area contributed by atoms with E-state index in [4.69, 9.17) is 4.98 Å². The topological polar surface area (TPSA) is 93.7 Å². The minimum absolute atomic E-state index is 0.0854. The van der Waals surface area contributed by atoms with Crippen molar-refractivity contribution in [3.63, 3.8) is 0 Å². The number of hydrogen-bond donors (Lipinski definition) is 2. The molecule has 1 aromatic heterocycles. The molecule has 36 heavy (non-hydrogen) atoms. The van der Waals surface area contributed by atoms with Gasteiger partial charge < -0.3 is 25.3 Å². The molecular formula is C27H35N7O2. The van der Waals surface area contributed by atoms with Crippen molar-refractivity contribution in [1.82, 2.24) is 20.2 Å². The average Bonchev–Trinajstić information content (AvgIpc) is 3.25. The third-order valence-corrected chi connectivity index (χ3v) is 7.73. The van der Waals surface area contributed by atoms with Gasteiger partial charge in [-0.25, -0.2) is 4.98 Å². The standard InChI is InChI=1S/C27H35N7O2/c1-3-4-23(35)33-17-15-32(16-18-33)22-7-5-21(6-8-22)30-26-29-19-20(2)24(31-26)34-13-10-27(11-14-34)9-12-28-25(27)36/h3-8,19H,9-18H2,1-2H3,(H,28,36)(H,29,30,31)/b4-3+. The molecule has 4 heterocycles. The number of piperidine rings is 1. The van der Waals surface area contributed by atoms with Crippen LogP contribution in [-0.2, 0) is 9.59 Å². The Hall–Kier alpha value is -3.62. The van der Waals surface area contributed by atoms with Crippen molar-refractivity contribution < 1.29 is 9.59 Å². The zero-order valence-electron chi connectivity index (χ0n) is 21.2. The van der Waals surface area contributed by atoms with E-state index in [1.807, 2.05) is 37.1 Å². The molecule has 2 amide bonds. The number of aryl methyl sites for hydroxylation is 1. The van der Waals surface area contributed by atoms with E-state index in [1.165, 1.54) is 0 Å². The molecule has 3 saturated heterocycles. The quantitative estimate of drug-likeness (QED) is 0.624. The number of allylic oxidation sites excluding steroid dienone is 1. The van der Waals surface area contributed by atoms with Crippen LogP contribution in [0.1, 0.15) is 31.7 Å². The Kier molecular flexibility index (Phi) is 6.80. The normalized spacial score (nSPS) is 19.7. The highest BCUT2D eigenvalue weighted by atomic mass is 16.2. The van der Waals surface area contributed by atoms with Gasteiger partial charge in [0.05, 0.1) is 5.41 Å². The van der Waals surface area contributed by atoms with Crippen molar-refractivity contribution >= 4 is 35.0 Å². The zero-order valence-corrected chi connectivity index (χ0v) is 21.2. The lowest BCUT2D eigenvalue weighted by Crippen LogP contribution is -2.48. The SMILES string of the molecule is C/C=C/C(=O)N1CCN(c2ccc(Nc3ncc(C)c(N4CCC5(CCNC5=O)CC4)n3)cc2)CC1. The highest BCUT2D eigenvalue weighted by Crippen LogP contribution is 2.39. The minimum Gasteiger partial charge on any atom is -0.368 e. The van der Waals surface area contributed by atoms with Crippen LogP contribution in [0.5, 0.6) is 0 Å². The van der Waals surface area contributed by atoms with Crippen LogP contribution < -0.4 is 20.4 Å². The predicted octanol–water partition coefficient (Wildman–Crippen LogP) is 2.86. The van der Waals surface area contributed by atoms with E-state index < -0.39 is 0 Å². The minimum atomic E-state index is -0.186. The first-order chi connectivity index (χ1) is 17.5. The fourth-order valence-corrected chi connectivity index (χ4v) is 5.47. The summed E-state index contributed by atoms with van der Waals surface area (Å²) >= 11 is 0. The molecule has 1 spiro atoms. The van der Waals surface area contributed by atoms with E-state index in [0.717, 1.165) is 87.8 Å². The highest BCUT2D eigenvalue weighted by Gasteiger charge is 2.44. The fraction of sp³-hybridized carbons (Fsp3) is 0.481. The van der Waals surface area contributed by atoms with Crippen molar-refractivity contribution in [2.75, 3.05) is 60.9 Å². The average molecular weight is 490 g/mol. The first-order valence-corrected chi connectivity index (χ1v) is 12.9. The second-order valence-electron chi connectivity index (χ2n) is 9.96. The number of nitrogens with one attached hydrogen (secondary N) is 2. The maximum atomic E-state index is 12.3. The summed E-state index contributed by atoms with van der Waals surface area (Å²) in [4.78, 5) is 40.2. The molecule has 0 aliphatic carbocycles. The van der Waals surface area contributed by atoms with E-state index in [0.29, 0.717) is 5.95 Å². The van der Waals surface area contributed by atoms with Crippen LogP contribution in [-0.4, -0.2) is 72.5 Å². The number of aromatic nitrogens is 2. The highest BCUT2D eigenvalue weighted by molar-refractivity contribution is 5.87. The van der Waals surface area contributed by atoms with Gasteiger partial charge in [-0.05, 0) is 63.5 Å². The molecule has 1 aromatic carbocycles. The molecule has 3 fully saturated rings. The Labute approximate surface area is 212 Å². The summed E-state index contributed by atoms with van der Waals surface area (Å²) in [5.74, 6) is 1.81. The van der Waals surface area contributed by atoms with Crippen LogP contribution in [0.15, 0.2) is 42.6 Å². The number of anilines is 4. The van der Waals surface area contributed by atoms with Crippen LogP contribution in [0, 0.1) is 12.3 Å². The zero-order chi connectivity index (χ0) is 25.1. The molecule has 9 heteroatoms. The molecular weight excluding hydrogens is 454 g/mol. The smallest absolute Gasteiger partial charge is 0.246 e. The Morgan fingerprint density at radius 1 is 1.03 bits per heavy atom. The Bertz CT molecular complexity index is 1130. The van der Waals surface area contributed by atoms with Crippen molar-refractivity contribution in [1.29, 1.82) is 0 Å². The van der Waals surface area contributed by atoms with E-state index in [9.17, 15) is 9.59 Å². The van der Waals surface area contributed by atoms with Crippen LogP contribution >= 0.6 is 0 Å². The van der Waals surface area contributed by atoms with Crippen LogP contribution in [0.3, 0.4) is 0 Å². The number of amides is 2. The molecule has 0 radical (unpaired) electrons. The van der Waals surface area contributed by atoms with Crippen molar-refractivity contribution in [2.45, 2.75) is 33.1 Å². The van der Waals surface area contributed by atoms with Gasteiger partial charge in [-0.3, -0.25) is 9.59 Å². The van der Waals surface area contributed by atoms with Gasteiger partial charge >= 0.3 is 0 Å². The fourth-order valence-electron chi connectivity index (χ4n) is 5.47. The summed E-state index contributed by atoms with van der Waals surface area (Å²) in [5, 5.41) is 6.34. The number of benzene rings is 1. The number of carbonyl (C=O) groups is 2. The van der Waals surface area contributed by atoms with E-state index in [2.05, 4.69) is 37.6 Å². The van der Waals surface area contributed by atoms with Gasteiger partial charge in [0.25, 0.3) is 0 Å². The first kappa shape index (κ1) is 24.1. The molecule has 0 atom stereocenters. The molecule has 0 unspecified atom stereocenters. The maximum absolute atomic E-state index is 12.3. The Morgan fingerprint density at radius 2 is 1.75 bits per heavy atom.